The Morgan fingerprint density at radius 3 is 2.28 bits per heavy atom. The highest BCUT2D eigenvalue weighted by Crippen LogP contribution is 2.10. The van der Waals surface area contributed by atoms with Gasteiger partial charge >= 0.3 is 0 Å². The van der Waals surface area contributed by atoms with Gasteiger partial charge in [0.25, 0.3) is 0 Å². The normalized spacial score (nSPS) is 10.4. The minimum Gasteiger partial charge on any atom is -0.350 e. The zero-order chi connectivity index (χ0) is 13.1. The molecule has 3 nitrogen and oxygen atoms in total. The van der Waals surface area contributed by atoms with E-state index in [9.17, 15) is 8.78 Å². The van der Waals surface area contributed by atoms with E-state index in [1.807, 2.05) is 19.9 Å². The predicted octanol–water partition coefficient (Wildman–Crippen LogP) is 2.98. The second kappa shape index (κ2) is 5.08. The SMILES string of the molecule is Cc1cc(C)nc(NCc2ccc(F)c(F)c2)n1. The highest BCUT2D eigenvalue weighted by Gasteiger charge is 2.03. The van der Waals surface area contributed by atoms with Crippen molar-refractivity contribution in [3.63, 3.8) is 0 Å². The number of hydrogen-bond donors (Lipinski definition) is 1. The smallest absolute Gasteiger partial charge is 0.223 e. The molecule has 0 radical (unpaired) electrons. The van der Waals surface area contributed by atoms with E-state index in [0.717, 1.165) is 23.5 Å². The van der Waals surface area contributed by atoms with Gasteiger partial charge in [-0.1, -0.05) is 6.07 Å². The van der Waals surface area contributed by atoms with Crippen molar-refractivity contribution in [3.8, 4) is 0 Å². The zero-order valence-corrected chi connectivity index (χ0v) is 10.2. The molecule has 0 aliphatic rings. The lowest BCUT2D eigenvalue weighted by Gasteiger charge is -2.07. The predicted molar refractivity (Wildman–Crippen MR) is 65.2 cm³/mol. The molecule has 1 heterocycles. The summed E-state index contributed by atoms with van der Waals surface area (Å²) in [5.41, 5.74) is 2.35. The highest BCUT2D eigenvalue weighted by molar-refractivity contribution is 5.30. The van der Waals surface area contributed by atoms with Crippen molar-refractivity contribution in [1.82, 2.24) is 9.97 Å². The van der Waals surface area contributed by atoms with Gasteiger partial charge in [-0.3, -0.25) is 0 Å². The van der Waals surface area contributed by atoms with Gasteiger partial charge in [-0.05, 0) is 37.6 Å². The summed E-state index contributed by atoms with van der Waals surface area (Å²) in [5, 5.41) is 2.98. The van der Waals surface area contributed by atoms with Crippen LogP contribution in [-0.4, -0.2) is 9.97 Å². The number of anilines is 1. The van der Waals surface area contributed by atoms with Gasteiger partial charge in [-0.2, -0.15) is 0 Å². The molecule has 5 heteroatoms. The number of halogens is 2. The summed E-state index contributed by atoms with van der Waals surface area (Å²) in [6.45, 7) is 4.09. The Kier molecular flexibility index (Phi) is 3.50. The van der Waals surface area contributed by atoms with Crippen LogP contribution in [0.3, 0.4) is 0 Å². The van der Waals surface area contributed by atoms with E-state index in [2.05, 4.69) is 15.3 Å². The molecule has 94 valence electrons. The number of nitrogens with one attached hydrogen (secondary N) is 1. The number of rotatable bonds is 3. The van der Waals surface area contributed by atoms with E-state index in [1.165, 1.54) is 6.07 Å². The molecule has 0 fully saturated rings. The monoisotopic (exact) mass is 249 g/mol. The Morgan fingerprint density at radius 2 is 1.67 bits per heavy atom. The van der Waals surface area contributed by atoms with Crippen LogP contribution in [0.25, 0.3) is 0 Å². The largest absolute Gasteiger partial charge is 0.350 e. The minimum atomic E-state index is -0.851. The molecule has 0 amide bonds. The van der Waals surface area contributed by atoms with Crippen molar-refractivity contribution >= 4 is 5.95 Å². The molecule has 2 aromatic rings. The molecule has 1 aromatic carbocycles. The van der Waals surface area contributed by atoms with E-state index >= 15 is 0 Å². The van der Waals surface area contributed by atoms with Gasteiger partial charge in [-0.25, -0.2) is 18.7 Å². The summed E-state index contributed by atoms with van der Waals surface area (Å²) in [6, 6.07) is 5.65. The fourth-order valence-corrected chi connectivity index (χ4v) is 1.64. The fraction of sp³-hybridized carbons (Fsp3) is 0.231. The van der Waals surface area contributed by atoms with Crippen molar-refractivity contribution in [2.75, 3.05) is 5.32 Å². The maximum atomic E-state index is 13.0. The number of nitrogens with zero attached hydrogens (tertiary/aromatic N) is 2. The number of aromatic nitrogens is 2. The Morgan fingerprint density at radius 1 is 1.00 bits per heavy atom. The molecule has 0 unspecified atom stereocenters. The second-order valence-electron chi connectivity index (χ2n) is 4.08. The first kappa shape index (κ1) is 12.4. The molecular formula is C13H13F2N3. The maximum absolute atomic E-state index is 13.0. The average Bonchev–Trinajstić information content (AvgIpc) is 2.29. The third-order valence-corrected chi connectivity index (χ3v) is 2.42. The first-order valence-electron chi connectivity index (χ1n) is 5.54. The highest BCUT2D eigenvalue weighted by atomic mass is 19.2. The first-order valence-corrected chi connectivity index (χ1v) is 5.54. The van der Waals surface area contributed by atoms with Crippen LogP contribution in [0.1, 0.15) is 17.0 Å². The summed E-state index contributed by atoms with van der Waals surface area (Å²) >= 11 is 0. The second-order valence-corrected chi connectivity index (χ2v) is 4.08. The summed E-state index contributed by atoms with van der Waals surface area (Å²) in [7, 11) is 0. The summed E-state index contributed by atoms with van der Waals surface area (Å²) in [4.78, 5) is 8.40. The van der Waals surface area contributed by atoms with Crippen molar-refractivity contribution in [2.24, 2.45) is 0 Å². The van der Waals surface area contributed by atoms with Crippen LogP contribution < -0.4 is 5.32 Å². The summed E-state index contributed by atoms with van der Waals surface area (Å²) in [5.74, 6) is -1.21. The van der Waals surface area contributed by atoms with Gasteiger partial charge in [0.1, 0.15) is 0 Å². The van der Waals surface area contributed by atoms with Crippen LogP contribution in [0.2, 0.25) is 0 Å². The maximum Gasteiger partial charge on any atom is 0.223 e. The third-order valence-electron chi connectivity index (χ3n) is 2.42. The van der Waals surface area contributed by atoms with Crippen LogP contribution in [0.5, 0.6) is 0 Å². The van der Waals surface area contributed by atoms with Crippen LogP contribution in [-0.2, 0) is 6.54 Å². The molecule has 0 atom stereocenters. The van der Waals surface area contributed by atoms with E-state index < -0.39 is 11.6 Å². The quantitative estimate of drug-likeness (QED) is 0.908. The van der Waals surface area contributed by atoms with Crippen LogP contribution in [0.4, 0.5) is 14.7 Å². The summed E-state index contributed by atoms with van der Waals surface area (Å²) < 4.78 is 25.7. The van der Waals surface area contributed by atoms with E-state index in [1.54, 1.807) is 0 Å². The van der Waals surface area contributed by atoms with Gasteiger partial charge in [0.15, 0.2) is 11.6 Å². The van der Waals surface area contributed by atoms with Gasteiger partial charge < -0.3 is 5.32 Å². The number of hydrogen-bond acceptors (Lipinski definition) is 3. The van der Waals surface area contributed by atoms with Crippen molar-refractivity contribution in [1.29, 1.82) is 0 Å². The molecule has 0 aliphatic carbocycles. The molecule has 0 bridgehead atoms. The molecule has 0 saturated heterocycles. The topological polar surface area (TPSA) is 37.8 Å². The summed E-state index contributed by atoms with van der Waals surface area (Å²) in [6.07, 6.45) is 0. The zero-order valence-electron chi connectivity index (χ0n) is 10.2. The van der Waals surface area contributed by atoms with Gasteiger partial charge in [-0.15, -0.1) is 0 Å². The fourth-order valence-electron chi connectivity index (χ4n) is 1.64. The number of benzene rings is 1. The van der Waals surface area contributed by atoms with Crippen molar-refractivity contribution in [2.45, 2.75) is 20.4 Å². The molecular weight excluding hydrogens is 236 g/mol. The van der Waals surface area contributed by atoms with Gasteiger partial charge in [0.2, 0.25) is 5.95 Å². The van der Waals surface area contributed by atoms with E-state index in [4.69, 9.17) is 0 Å². The Bertz CT molecular complexity index is 550. The third kappa shape index (κ3) is 3.00. The molecule has 0 aliphatic heterocycles. The van der Waals surface area contributed by atoms with Gasteiger partial charge in [0.05, 0.1) is 0 Å². The van der Waals surface area contributed by atoms with Crippen LogP contribution in [0.15, 0.2) is 24.3 Å². The Balaban J connectivity index is 2.08. The van der Waals surface area contributed by atoms with E-state index in [-0.39, 0.29) is 0 Å². The molecule has 1 N–H and O–H groups in total. The number of aryl methyl sites for hydroxylation is 2. The molecule has 1 aromatic heterocycles. The molecule has 2 rings (SSSR count). The van der Waals surface area contributed by atoms with Crippen molar-refractivity contribution < 1.29 is 8.78 Å². The first-order chi connectivity index (χ1) is 8.54. The van der Waals surface area contributed by atoms with E-state index in [0.29, 0.717) is 18.1 Å². The van der Waals surface area contributed by atoms with Crippen molar-refractivity contribution in [3.05, 3.63) is 52.9 Å². The average molecular weight is 249 g/mol. The molecule has 18 heavy (non-hydrogen) atoms. The van der Waals surface area contributed by atoms with Crippen LogP contribution in [0, 0.1) is 25.5 Å². The minimum absolute atomic E-state index is 0.347. The standard InChI is InChI=1S/C13H13F2N3/c1-8-5-9(2)18-13(17-8)16-7-10-3-4-11(14)12(15)6-10/h3-6H,7H2,1-2H3,(H,16,17,18). The van der Waals surface area contributed by atoms with Crippen LogP contribution >= 0.6 is 0 Å². The van der Waals surface area contributed by atoms with Gasteiger partial charge in [0, 0.05) is 17.9 Å². The lowest BCUT2D eigenvalue weighted by Crippen LogP contribution is -2.05. The molecule has 0 saturated carbocycles. The lowest BCUT2D eigenvalue weighted by atomic mass is 10.2. The lowest BCUT2D eigenvalue weighted by molar-refractivity contribution is 0.507. The Labute approximate surface area is 104 Å². The molecule has 0 spiro atoms. The Hall–Kier alpha value is -2.04.